The lowest BCUT2D eigenvalue weighted by Gasteiger charge is -2.17. The average molecular weight is 137 g/mol. The quantitative estimate of drug-likeness (QED) is 0.495. The third-order valence-electron chi connectivity index (χ3n) is 2.04. The minimum absolute atomic E-state index is 0.479. The van der Waals surface area contributed by atoms with Crippen LogP contribution in [-0.4, -0.2) is 24.0 Å². The Morgan fingerprint density at radius 1 is 1.30 bits per heavy atom. The van der Waals surface area contributed by atoms with Crippen LogP contribution in [0.4, 0.5) is 0 Å². The normalized spacial score (nSPS) is 21.8. The summed E-state index contributed by atoms with van der Waals surface area (Å²) in [5, 5.41) is 0. The van der Waals surface area contributed by atoms with Crippen molar-refractivity contribution in [2.75, 3.05) is 13.1 Å². The van der Waals surface area contributed by atoms with Crippen LogP contribution in [0.25, 0.3) is 0 Å². The zero-order valence-electron chi connectivity index (χ0n) is 6.85. The van der Waals surface area contributed by atoms with Gasteiger partial charge in [0.1, 0.15) is 0 Å². The molecule has 0 spiro atoms. The summed E-state index contributed by atoms with van der Waals surface area (Å²) in [4.78, 5) is 2.44. The second kappa shape index (κ2) is 3.63. The maximum Gasteiger partial charge on any atom is 0.0685 e. The molecule has 1 aliphatic rings. The van der Waals surface area contributed by atoms with Crippen LogP contribution >= 0.6 is 0 Å². The van der Waals surface area contributed by atoms with E-state index in [2.05, 4.69) is 23.7 Å². The summed E-state index contributed by atoms with van der Waals surface area (Å²) in [6.07, 6.45) is 2.71. The third-order valence-corrected chi connectivity index (χ3v) is 2.04. The maximum atomic E-state index is 3.16. The Kier molecular flexibility index (Phi) is 2.77. The van der Waals surface area contributed by atoms with Crippen molar-refractivity contribution in [2.45, 2.75) is 32.7 Å². The van der Waals surface area contributed by atoms with E-state index >= 15 is 0 Å². The van der Waals surface area contributed by atoms with Gasteiger partial charge in [-0.05, 0) is 39.8 Å². The standard InChI is InChI=1S/C9H15N/c1-3-6-9(2)10-7-4-5-8-10/h9H,4-5,7-8H2,1-2H3/t9-/m0/s1. The topological polar surface area (TPSA) is 3.24 Å². The van der Waals surface area contributed by atoms with Gasteiger partial charge in [0.2, 0.25) is 0 Å². The van der Waals surface area contributed by atoms with Crippen molar-refractivity contribution in [3.05, 3.63) is 0 Å². The highest BCUT2D eigenvalue weighted by Crippen LogP contribution is 2.10. The van der Waals surface area contributed by atoms with E-state index in [0.29, 0.717) is 6.04 Å². The van der Waals surface area contributed by atoms with Gasteiger partial charge >= 0.3 is 0 Å². The zero-order chi connectivity index (χ0) is 7.40. The highest BCUT2D eigenvalue weighted by atomic mass is 15.2. The van der Waals surface area contributed by atoms with E-state index in [1.54, 1.807) is 0 Å². The summed E-state index contributed by atoms with van der Waals surface area (Å²) >= 11 is 0. The largest absolute Gasteiger partial charge is 0.290 e. The molecule has 1 rings (SSSR count). The van der Waals surface area contributed by atoms with Gasteiger partial charge in [-0.2, -0.15) is 0 Å². The highest BCUT2D eigenvalue weighted by molar-refractivity contribution is 5.04. The van der Waals surface area contributed by atoms with Crippen LogP contribution in [0.15, 0.2) is 0 Å². The number of hydrogen-bond acceptors (Lipinski definition) is 1. The second-order valence-corrected chi connectivity index (χ2v) is 2.81. The first-order chi connectivity index (χ1) is 4.84. The van der Waals surface area contributed by atoms with E-state index in [-0.39, 0.29) is 0 Å². The van der Waals surface area contributed by atoms with Gasteiger partial charge in [0.25, 0.3) is 0 Å². The van der Waals surface area contributed by atoms with Gasteiger partial charge in [0.15, 0.2) is 0 Å². The minimum Gasteiger partial charge on any atom is -0.290 e. The molecule has 1 heterocycles. The predicted molar refractivity (Wildman–Crippen MR) is 43.7 cm³/mol. The van der Waals surface area contributed by atoms with E-state index in [1.807, 2.05) is 6.92 Å². The second-order valence-electron chi connectivity index (χ2n) is 2.81. The lowest BCUT2D eigenvalue weighted by molar-refractivity contribution is 0.308. The molecule has 0 amide bonds. The van der Waals surface area contributed by atoms with Gasteiger partial charge < -0.3 is 0 Å². The average Bonchev–Trinajstić information content (AvgIpc) is 2.38. The molecule has 0 aliphatic carbocycles. The van der Waals surface area contributed by atoms with E-state index in [9.17, 15) is 0 Å². The Balaban J connectivity index is 2.37. The van der Waals surface area contributed by atoms with Crippen LogP contribution in [0, 0.1) is 11.8 Å². The van der Waals surface area contributed by atoms with Crippen LogP contribution < -0.4 is 0 Å². The first kappa shape index (κ1) is 7.63. The molecule has 0 N–H and O–H groups in total. The molecule has 0 unspecified atom stereocenters. The van der Waals surface area contributed by atoms with E-state index < -0.39 is 0 Å². The first-order valence-corrected chi connectivity index (χ1v) is 4.01. The molecule has 0 aromatic carbocycles. The fourth-order valence-electron chi connectivity index (χ4n) is 1.43. The number of nitrogens with zero attached hydrogens (tertiary/aromatic N) is 1. The molecule has 0 saturated carbocycles. The Labute approximate surface area is 63.4 Å². The summed E-state index contributed by atoms with van der Waals surface area (Å²) < 4.78 is 0. The van der Waals surface area contributed by atoms with E-state index in [4.69, 9.17) is 0 Å². The minimum atomic E-state index is 0.479. The molecule has 1 heteroatoms. The summed E-state index contributed by atoms with van der Waals surface area (Å²) in [5.41, 5.74) is 0. The third kappa shape index (κ3) is 1.75. The molecule has 1 aliphatic heterocycles. The molecular formula is C9H15N. The molecule has 0 radical (unpaired) electrons. The fourth-order valence-corrected chi connectivity index (χ4v) is 1.43. The van der Waals surface area contributed by atoms with Crippen molar-refractivity contribution in [3.8, 4) is 11.8 Å². The van der Waals surface area contributed by atoms with Crippen molar-refractivity contribution in [3.63, 3.8) is 0 Å². The smallest absolute Gasteiger partial charge is 0.0685 e. The summed E-state index contributed by atoms with van der Waals surface area (Å²) in [7, 11) is 0. The Bertz CT molecular complexity index is 146. The molecule has 1 nitrogen and oxygen atoms in total. The summed E-state index contributed by atoms with van der Waals surface area (Å²) in [6.45, 7) is 6.58. The predicted octanol–water partition coefficient (Wildman–Crippen LogP) is 1.49. The SMILES string of the molecule is CC#C[C@H](C)N1CCCC1. The van der Waals surface area contributed by atoms with Crippen molar-refractivity contribution >= 4 is 0 Å². The molecule has 1 saturated heterocycles. The monoisotopic (exact) mass is 137 g/mol. The van der Waals surface area contributed by atoms with Gasteiger partial charge in [-0.1, -0.05) is 5.92 Å². The van der Waals surface area contributed by atoms with Crippen LogP contribution in [-0.2, 0) is 0 Å². The molecular weight excluding hydrogens is 122 g/mol. The zero-order valence-corrected chi connectivity index (χ0v) is 6.85. The number of hydrogen-bond donors (Lipinski definition) is 0. The Hall–Kier alpha value is -0.480. The van der Waals surface area contributed by atoms with Crippen LogP contribution in [0.1, 0.15) is 26.7 Å². The molecule has 0 aromatic heterocycles. The first-order valence-electron chi connectivity index (χ1n) is 4.01. The fraction of sp³-hybridized carbons (Fsp3) is 0.778. The van der Waals surface area contributed by atoms with Gasteiger partial charge in [-0.15, -0.1) is 5.92 Å². The van der Waals surface area contributed by atoms with Crippen LogP contribution in [0.3, 0.4) is 0 Å². The van der Waals surface area contributed by atoms with Gasteiger partial charge in [0.05, 0.1) is 6.04 Å². The molecule has 0 bridgehead atoms. The summed E-state index contributed by atoms with van der Waals surface area (Å²) in [6, 6.07) is 0.479. The lowest BCUT2D eigenvalue weighted by atomic mass is 10.3. The van der Waals surface area contributed by atoms with E-state index in [1.165, 1.54) is 25.9 Å². The van der Waals surface area contributed by atoms with Crippen LogP contribution in [0.5, 0.6) is 0 Å². The van der Waals surface area contributed by atoms with Crippen molar-refractivity contribution in [1.82, 2.24) is 4.90 Å². The van der Waals surface area contributed by atoms with Gasteiger partial charge in [-0.3, -0.25) is 4.90 Å². The molecule has 1 fully saturated rings. The Morgan fingerprint density at radius 3 is 2.40 bits per heavy atom. The molecule has 0 aromatic rings. The number of rotatable bonds is 1. The molecule has 1 atom stereocenters. The highest BCUT2D eigenvalue weighted by Gasteiger charge is 2.15. The van der Waals surface area contributed by atoms with Crippen molar-refractivity contribution in [1.29, 1.82) is 0 Å². The summed E-state index contributed by atoms with van der Waals surface area (Å²) in [5.74, 6) is 6.12. The van der Waals surface area contributed by atoms with Gasteiger partial charge in [-0.25, -0.2) is 0 Å². The molecule has 56 valence electrons. The number of likely N-dealkylation sites (tertiary alicyclic amines) is 1. The van der Waals surface area contributed by atoms with Crippen molar-refractivity contribution < 1.29 is 0 Å². The van der Waals surface area contributed by atoms with Crippen LogP contribution in [0.2, 0.25) is 0 Å². The van der Waals surface area contributed by atoms with Gasteiger partial charge in [0, 0.05) is 0 Å². The Morgan fingerprint density at radius 2 is 1.90 bits per heavy atom. The van der Waals surface area contributed by atoms with E-state index in [0.717, 1.165) is 0 Å². The maximum absolute atomic E-state index is 3.16. The lowest BCUT2D eigenvalue weighted by Crippen LogP contribution is -2.28. The molecule has 10 heavy (non-hydrogen) atoms. The van der Waals surface area contributed by atoms with Crippen molar-refractivity contribution in [2.24, 2.45) is 0 Å².